The van der Waals surface area contributed by atoms with Crippen LogP contribution in [0.3, 0.4) is 0 Å². The normalized spacial score (nSPS) is 15.0. The minimum atomic E-state index is -1.22. The quantitative estimate of drug-likeness (QED) is 0.210. The van der Waals surface area contributed by atoms with Gasteiger partial charge in [0, 0.05) is 55.1 Å². The summed E-state index contributed by atoms with van der Waals surface area (Å²) in [7, 11) is 1.67. The average molecular weight is 622 g/mol. The summed E-state index contributed by atoms with van der Waals surface area (Å²) in [5.74, 6) is 0.911. The lowest BCUT2D eigenvalue weighted by atomic mass is 9.90. The van der Waals surface area contributed by atoms with Gasteiger partial charge in [-0.1, -0.05) is 6.07 Å². The van der Waals surface area contributed by atoms with E-state index >= 15 is 4.39 Å². The summed E-state index contributed by atoms with van der Waals surface area (Å²) < 4.78 is 41.2. The number of aromatic amines is 1. The molecule has 10 heteroatoms. The van der Waals surface area contributed by atoms with Crippen molar-refractivity contribution in [1.29, 1.82) is 0 Å². The Bertz CT molecular complexity index is 1700. The van der Waals surface area contributed by atoms with Crippen LogP contribution in [0.15, 0.2) is 64.5 Å². The number of likely N-dealkylation sites (tertiary alicyclic amines) is 1. The molecule has 5 rings (SSSR count). The van der Waals surface area contributed by atoms with Crippen molar-refractivity contribution in [2.24, 2.45) is 13.0 Å². The summed E-state index contributed by atoms with van der Waals surface area (Å²) in [6, 6.07) is 12.1. The third kappa shape index (κ3) is 7.13. The summed E-state index contributed by atoms with van der Waals surface area (Å²) in [5.41, 5.74) is 1.98. The second kappa shape index (κ2) is 13.1. The van der Waals surface area contributed by atoms with Crippen LogP contribution in [0.4, 0.5) is 9.18 Å². The molecule has 1 unspecified atom stereocenters. The summed E-state index contributed by atoms with van der Waals surface area (Å²) >= 11 is -1.22. The van der Waals surface area contributed by atoms with E-state index in [9.17, 15) is 14.1 Å². The van der Waals surface area contributed by atoms with Gasteiger partial charge in [-0.25, -0.2) is 9.18 Å². The molecule has 1 fully saturated rings. The molecule has 234 valence electrons. The van der Waals surface area contributed by atoms with Crippen molar-refractivity contribution < 1.29 is 23.2 Å². The number of rotatable bonds is 8. The molecule has 0 aliphatic carbocycles. The van der Waals surface area contributed by atoms with Crippen molar-refractivity contribution in [3.63, 3.8) is 0 Å². The van der Waals surface area contributed by atoms with Crippen molar-refractivity contribution in [3.05, 3.63) is 76.6 Å². The van der Waals surface area contributed by atoms with Crippen LogP contribution in [0.25, 0.3) is 22.0 Å². The lowest BCUT2D eigenvalue weighted by Crippen LogP contribution is -2.41. The first-order chi connectivity index (χ1) is 20.9. The molecule has 1 atom stereocenters. The second-order valence-electron chi connectivity index (χ2n) is 12.3. The van der Waals surface area contributed by atoms with Crippen molar-refractivity contribution in [2.45, 2.75) is 63.9 Å². The number of carbonyl (C=O) groups is 1. The molecule has 4 aromatic rings. The molecule has 1 aliphatic rings. The Hall–Kier alpha value is -3.76. The highest BCUT2D eigenvalue weighted by atomic mass is 32.2. The van der Waals surface area contributed by atoms with E-state index in [2.05, 4.69) is 4.98 Å². The number of nitrogens with one attached hydrogen (secondary N) is 1. The van der Waals surface area contributed by atoms with E-state index in [1.807, 2.05) is 39.8 Å². The number of pyridine rings is 1. The molecule has 3 heterocycles. The van der Waals surface area contributed by atoms with E-state index in [1.54, 1.807) is 48.6 Å². The molecule has 2 aromatic carbocycles. The zero-order valence-electron chi connectivity index (χ0n) is 25.9. The minimum absolute atomic E-state index is 0.0835. The van der Waals surface area contributed by atoms with Gasteiger partial charge in [0.25, 0.3) is 5.56 Å². The molecule has 1 N–H and O–H groups in total. The van der Waals surface area contributed by atoms with Gasteiger partial charge in [-0.05, 0) is 106 Å². The monoisotopic (exact) mass is 621 g/mol. The van der Waals surface area contributed by atoms with E-state index in [4.69, 9.17) is 9.47 Å². The molecular formula is C34H40FN3O5S. The molecule has 1 saturated heterocycles. The lowest BCUT2D eigenvalue weighted by Gasteiger charge is -2.33. The number of carbonyl (C=O) groups excluding carboxylic acids is 1. The van der Waals surface area contributed by atoms with Crippen LogP contribution in [0.2, 0.25) is 0 Å². The van der Waals surface area contributed by atoms with Crippen LogP contribution in [0, 0.1) is 11.7 Å². The Labute approximate surface area is 260 Å². The SMILES string of the molecule is CC[S+]([O-])c1ccc(Oc2ccc(CCC3CCN(C(=O)OC(C)(C)C)CC3)cc2F)c(-c2cn(C)c(=O)c3[nH]ccc23)c1. The average Bonchev–Trinajstić information content (AvgIpc) is 3.49. The van der Waals surface area contributed by atoms with Gasteiger partial charge in [-0.2, -0.15) is 0 Å². The van der Waals surface area contributed by atoms with Crippen molar-refractivity contribution in [2.75, 3.05) is 18.8 Å². The zero-order chi connectivity index (χ0) is 31.6. The van der Waals surface area contributed by atoms with Gasteiger partial charge in [0.1, 0.15) is 22.6 Å². The maximum absolute atomic E-state index is 15.4. The maximum atomic E-state index is 15.4. The Morgan fingerprint density at radius 3 is 2.50 bits per heavy atom. The van der Waals surface area contributed by atoms with Crippen LogP contribution in [0.1, 0.15) is 52.5 Å². The summed E-state index contributed by atoms with van der Waals surface area (Å²) in [5, 5.41) is 0.699. The predicted molar refractivity (Wildman–Crippen MR) is 171 cm³/mol. The first-order valence-electron chi connectivity index (χ1n) is 15.1. The van der Waals surface area contributed by atoms with Gasteiger partial charge in [0.2, 0.25) is 0 Å². The number of ether oxygens (including phenoxy) is 2. The standard InChI is InChI=1S/C34H40FN3O5S/c1-6-44(41)24-10-12-29(26(20-24)27-21-37(5)32(39)31-25(27)13-16-36-31)42-30-11-9-23(19-28(30)35)8-7-22-14-17-38(18-15-22)33(40)43-34(2,3)4/h9-13,16,19-22,36H,6-8,14-15,17-18H2,1-5H3. The zero-order valence-corrected chi connectivity index (χ0v) is 26.8. The summed E-state index contributed by atoms with van der Waals surface area (Å²) in [6.45, 7) is 8.78. The number of halogens is 1. The summed E-state index contributed by atoms with van der Waals surface area (Å²) in [6.07, 6.45) is 6.57. The molecule has 2 aromatic heterocycles. The molecule has 1 amide bonds. The number of nitrogens with zero attached hydrogens (tertiary/aromatic N) is 2. The number of amides is 1. The maximum Gasteiger partial charge on any atom is 0.410 e. The lowest BCUT2D eigenvalue weighted by molar-refractivity contribution is 0.0181. The molecule has 0 radical (unpaired) electrons. The Morgan fingerprint density at radius 2 is 1.82 bits per heavy atom. The molecule has 44 heavy (non-hydrogen) atoms. The van der Waals surface area contributed by atoms with Crippen LogP contribution in [-0.4, -0.2) is 49.5 Å². The number of aromatic nitrogens is 2. The molecule has 0 bridgehead atoms. The third-order valence-electron chi connectivity index (χ3n) is 7.98. The second-order valence-corrected chi connectivity index (χ2v) is 14.1. The topological polar surface area (TPSA) is 99.6 Å². The van der Waals surface area contributed by atoms with Crippen LogP contribution in [0.5, 0.6) is 11.5 Å². The fourth-order valence-electron chi connectivity index (χ4n) is 5.60. The van der Waals surface area contributed by atoms with E-state index in [1.165, 1.54) is 10.6 Å². The van der Waals surface area contributed by atoms with Crippen LogP contribution >= 0.6 is 0 Å². The van der Waals surface area contributed by atoms with Crippen molar-refractivity contribution in [3.8, 4) is 22.6 Å². The number of piperidine rings is 1. The Kier molecular flexibility index (Phi) is 9.41. The number of hydrogen-bond acceptors (Lipinski definition) is 5. The fraction of sp³-hybridized carbons (Fsp3) is 0.412. The number of benzene rings is 2. The minimum Gasteiger partial charge on any atom is -0.611 e. The highest BCUT2D eigenvalue weighted by Crippen LogP contribution is 2.39. The van der Waals surface area contributed by atoms with E-state index in [0.717, 1.165) is 31.2 Å². The molecule has 1 aliphatic heterocycles. The fourth-order valence-corrected chi connectivity index (χ4v) is 6.41. The van der Waals surface area contributed by atoms with E-state index in [0.29, 0.717) is 57.4 Å². The van der Waals surface area contributed by atoms with E-state index < -0.39 is 22.6 Å². The Morgan fingerprint density at radius 1 is 1.09 bits per heavy atom. The van der Waals surface area contributed by atoms with Gasteiger partial charge < -0.3 is 28.5 Å². The predicted octanol–water partition coefficient (Wildman–Crippen LogP) is 7.17. The smallest absolute Gasteiger partial charge is 0.410 e. The van der Waals surface area contributed by atoms with Crippen molar-refractivity contribution >= 4 is 28.2 Å². The van der Waals surface area contributed by atoms with Crippen LogP contribution < -0.4 is 10.3 Å². The number of H-pyrrole nitrogens is 1. The van der Waals surface area contributed by atoms with Gasteiger partial charge in [0.05, 0.1) is 0 Å². The van der Waals surface area contributed by atoms with Gasteiger partial charge in [-0.15, -0.1) is 0 Å². The first-order valence-corrected chi connectivity index (χ1v) is 16.4. The number of hydrogen-bond donors (Lipinski definition) is 1. The third-order valence-corrected chi connectivity index (χ3v) is 9.29. The van der Waals surface area contributed by atoms with Gasteiger partial charge in [-0.3, -0.25) is 4.79 Å². The first kappa shape index (κ1) is 31.7. The molecule has 8 nitrogen and oxygen atoms in total. The summed E-state index contributed by atoms with van der Waals surface area (Å²) in [4.78, 5) is 30.4. The van der Waals surface area contributed by atoms with Gasteiger partial charge >= 0.3 is 6.09 Å². The highest BCUT2D eigenvalue weighted by molar-refractivity contribution is 7.91. The highest BCUT2D eigenvalue weighted by Gasteiger charge is 2.27. The molecular weight excluding hydrogens is 581 g/mol. The van der Waals surface area contributed by atoms with Gasteiger partial charge in [0.15, 0.2) is 16.5 Å². The molecule has 0 spiro atoms. The molecule has 0 saturated carbocycles. The number of fused-ring (bicyclic) bond motifs is 1. The van der Waals surface area contributed by atoms with Crippen molar-refractivity contribution in [1.82, 2.24) is 14.5 Å². The largest absolute Gasteiger partial charge is 0.611 e. The van der Waals surface area contributed by atoms with E-state index in [-0.39, 0.29) is 17.4 Å². The number of aryl methyl sites for hydroxylation is 2. The van der Waals surface area contributed by atoms with Crippen LogP contribution in [-0.2, 0) is 29.4 Å². The Balaban J connectivity index is 1.31.